The van der Waals surface area contributed by atoms with E-state index in [2.05, 4.69) is 4.98 Å². The Labute approximate surface area is 84.5 Å². The van der Waals surface area contributed by atoms with Gasteiger partial charge in [0.2, 0.25) is 11.8 Å². The largest absolute Gasteiger partial charge is 0.375 e. The fourth-order valence-corrected chi connectivity index (χ4v) is 1.91. The summed E-state index contributed by atoms with van der Waals surface area (Å²) in [5.41, 5.74) is 6.12. The third kappa shape index (κ3) is 1.60. The predicted octanol–water partition coefficient (Wildman–Crippen LogP) is 0.374. The summed E-state index contributed by atoms with van der Waals surface area (Å²) < 4.78 is 0. The van der Waals surface area contributed by atoms with Crippen LogP contribution in [0.25, 0.3) is 0 Å². The molecular weight excluding hydrogens is 202 g/mol. The van der Waals surface area contributed by atoms with E-state index in [9.17, 15) is 9.59 Å². The van der Waals surface area contributed by atoms with Crippen molar-refractivity contribution in [2.45, 2.75) is 19.4 Å². The Morgan fingerprint density at radius 3 is 2.57 bits per heavy atom. The van der Waals surface area contributed by atoms with Gasteiger partial charge in [-0.05, 0) is 0 Å². The third-order valence-electron chi connectivity index (χ3n) is 2.04. The van der Waals surface area contributed by atoms with E-state index >= 15 is 0 Å². The van der Waals surface area contributed by atoms with Crippen LogP contribution in [0.4, 0.5) is 5.13 Å². The molecule has 6 heteroatoms. The number of nitrogens with two attached hydrogens (primary N) is 1. The first kappa shape index (κ1) is 9.14. The molecular formula is C8H9N3O2S. The maximum atomic E-state index is 11.2. The fraction of sp³-hybridized carbons (Fsp3) is 0.375. The van der Waals surface area contributed by atoms with E-state index in [0.29, 0.717) is 23.7 Å². The molecule has 1 fully saturated rings. The smallest absolute Gasteiger partial charge is 0.230 e. The van der Waals surface area contributed by atoms with Crippen molar-refractivity contribution in [2.24, 2.45) is 0 Å². The van der Waals surface area contributed by atoms with Gasteiger partial charge in [-0.3, -0.25) is 14.5 Å². The normalized spacial score (nSPS) is 16.7. The van der Waals surface area contributed by atoms with Crippen LogP contribution in [0.1, 0.15) is 18.5 Å². The minimum atomic E-state index is -0.124. The highest BCUT2D eigenvalue weighted by molar-refractivity contribution is 7.13. The zero-order chi connectivity index (χ0) is 10.1. The number of anilines is 1. The minimum absolute atomic E-state index is 0.124. The van der Waals surface area contributed by atoms with Gasteiger partial charge in [-0.1, -0.05) is 0 Å². The topological polar surface area (TPSA) is 76.3 Å². The standard InChI is InChI=1S/C8H9N3O2S/c9-8-10-5(4-14-8)3-11-6(12)1-2-7(11)13/h4H,1-3H2,(H2,9,10). The van der Waals surface area contributed by atoms with Gasteiger partial charge in [-0.2, -0.15) is 0 Å². The Bertz CT molecular complexity index is 372. The Morgan fingerprint density at radius 2 is 2.07 bits per heavy atom. The first-order valence-electron chi connectivity index (χ1n) is 4.20. The zero-order valence-electron chi connectivity index (χ0n) is 7.40. The lowest BCUT2D eigenvalue weighted by atomic mass is 10.4. The molecule has 74 valence electrons. The number of nitrogens with zero attached hydrogens (tertiary/aromatic N) is 2. The highest BCUT2D eigenvalue weighted by atomic mass is 32.1. The maximum absolute atomic E-state index is 11.2. The molecule has 2 heterocycles. The second-order valence-corrected chi connectivity index (χ2v) is 3.94. The maximum Gasteiger partial charge on any atom is 0.230 e. The van der Waals surface area contributed by atoms with Gasteiger partial charge in [0.25, 0.3) is 0 Å². The third-order valence-corrected chi connectivity index (χ3v) is 2.77. The number of thiazole rings is 1. The summed E-state index contributed by atoms with van der Waals surface area (Å²) in [5, 5.41) is 2.22. The number of likely N-dealkylation sites (tertiary alicyclic amines) is 1. The van der Waals surface area contributed by atoms with E-state index in [1.807, 2.05) is 0 Å². The van der Waals surface area contributed by atoms with Gasteiger partial charge in [0.1, 0.15) is 0 Å². The highest BCUT2D eigenvalue weighted by Crippen LogP contribution is 2.18. The molecule has 0 radical (unpaired) electrons. The number of carbonyl (C=O) groups is 2. The van der Waals surface area contributed by atoms with Crippen LogP contribution in [-0.4, -0.2) is 21.7 Å². The Morgan fingerprint density at radius 1 is 1.43 bits per heavy atom. The highest BCUT2D eigenvalue weighted by Gasteiger charge is 2.29. The summed E-state index contributed by atoms with van der Waals surface area (Å²) in [6.45, 7) is 0.255. The number of imide groups is 1. The van der Waals surface area contributed by atoms with Crippen molar-refractivity contribution < 1.29 is 9.59 Å². The lowest BCUT2D eigenvalue weighted by molar-refractivity contribution is -0.139. The van der Waals surface area contributed by atoms with Crippen molar-refractivity contribution in [3.8, 4) is 0 Å². The number of hydrogen-bond donors (Lipinski definition) is 1. The van der Waals surface area contributed by atoms with Crippen LogP contribution in [0.5, 0.6) is 0 Å². The fourth-order valence-electron chi connectivity index (χ4n) is 1.36. The van der Waals surface area contributed by atoms with Crippen molar-refractivity contribution >= 4 is 28.3 Å². The number of amides is 2. The number of nitrogen functional groups attached to an aromatic ring is 1. The summed E-state index contributed by atoms with van der Waals surface area (Å²) >= 11 is 1.31. The lowest BCUT2D eigenvalue weighted by Gasteiger charge is -2.10. The quantitative estimate of drug-likeness (QED) is 0.717. The summed E-state index contributed by atoms with van der Waals surface area (Å²) in [6, 6.07) is 0. The molecule has 0 aromatic carbocycles. The second-order valence-electron chi connectivity index (χ2n) is 3.05. The molecule has 0 bridgehead atoms. The number of rotatable bonds is 2. The van der Waals surface area contributed by atoms with Crippen LogP contribution in [0.3, 0.4) is 0 Å². The summed E-state index contributed by atoms with van der Waals surface area (Å²) in [6.07, 6.45) is 0.636. The van der Waals surface area contributed by atoms with E-state index < -0.39 is 0 Å². The summed E-state index contributed by atoms with van der Waals surface area (Å²) in [5.74, 6) is -0.247. The van der Waals surface area contributed by atoms with E-state index in [1.165, 1.54) is 16.2 Å². The van der Waals surface area contributed by atoms with E-state index in [1.54, 1.807) is 5.38 Å². The molecule has 1 saturated heterocycles. The second kappa shape index (κ2) is 3.38. The minimum Gasteiger partial charge on any atom is -0.375 e. The van der Waals surface area contributed by atoms with Crippen molar-refractivity contribution in [3.63, 3.8) is 0 Å². The molecule has 1 aliphatic rings. The molecule has 5 nitrogen and oxygen atoms in total. The Hall–Kier alpha value is -1.43. The molecule has 14 heavy (non-hydrogen) atoms. The van der Waals surface area contributed by atoms with Gasteiger partial charge < -0.3 is 5.73 Å². The molecule has 2 N–H and O–H groups in total. The van der Waals surface area contributed by atoms with Crippen LogP contribution in [0.15, 0.2) is 5.38 Å². The van der Waals surface area contributed by atoms with Crippen LogP contribution in [0.2, 0.25) is 0 Å². The van der Waals surface area contributed by atoms with Crippen LogP contribution in [-0.2, 0) is 16.1 Å². The van der Waals surface area contributed by atoms with Gasteiger partial charge in [-0.15, -0.1) is 11.3 Å². The van der Waals surface area contributed by atoms with Gasteiger partial charge >= 0.3 is 0 Å². The molecule has 1 aromatic heterocycles. The molecule has 0 saturated carbocycles. The lowest BCUT2D eigenvalue weighted by Crippen LogP contribution is -2.28. The molecule has 0 unspecified atom stereocenters. The van der Waals surface area contributed by atoms with E-state index in [0.717, 1.165) is 0 Å². The Kier molecular flexibility index (Phi) is 2.20. The molecule has 2 amide bonds. The van der Waals surface area contributed by atoms with Crippen molar-refractivity contribution in [3.05, 3.63) is 11.1 Å². The number of hydrogen-bond acceptors (Lipinski definition) is 5. The van der Waals surface area contributed by atoms with Gasteiger partial charge in [0.15, 0.2) is 5.13 Å². The molecule has 0 aliphatic carbocycles. The Balaban J connectivity index is 2.10. The number of aromatic nitrogens is 1. The van der Waals surface area contributed by atoms with Gasteiger partial charge in [-0.25, -0.2) is 4.98 Å². The van der Waals surface area contributed by atoms with Crippen molar-refractivity contribution in [1.82, 2.24) is 9.88 Å². The zero-order valence-corrected chi connectivity index (χ0v) is 8.21. The van der Waals surface area contributed by atoms with E-state index in [-0.39, 0.29) is 18.4 Å². The molecule has 1 aromatic rings. The average molecular weight is 211 g/mol. The first-order chi connectivity index (χ1) is 6.66. The molecule has 0 atom stereocenters. The van der Waals surface area contributed by atoms with Crippen LogP contribution < -0.4 is 5.73 Å². The molecule has 1 aliphatic heterocycles. The molecule has 2 rings (SSSR count). The molecule has 0 spiro atoms. The van der Waals surface area contributed by atoms with Gasteiger partial charge in [0, 0.05) is 18.2 Å². The van der Waals surface area contributed by atoms with Crippen LogP contribution in [0, 0.1) is 0 Å². The summed E-state index contributed by atoms with van der Waals surface area (Å²) in [7, 11) is 0. The monoisotopic (exact) mass is 211 g/mol. The van der Waals surface area contributed by atoms with Crippen LogP contribution >= 0.6 is 11.3 Å². The predicted molar refractivity (Wildman–Crippen MR) is 51.3 cm³/mol. The first-order valence-corrected chi connectivity index (χ1v) is 5.08. The number of carbonyl (C=O) groups excluding carboxylic acids is 2. The van der Waals surface area contributed by atoms with E-state index in [4.69, 9.17) is 5.73 Å². The van der Waals surface area contributed by atoms with Crippen molar-refractivity contribution in [1.29, 1.82) is 0 Å². The SMILES string of the molecule is Nc1nc(CN2C(=O)CCC2=O)cs1. The van der Waals surface area contributed by atoms with Crippen molar-refractivity contribution in [2.75, 3.05) is 5.73 Å². The van der Waals surface area contributed by atoms with Gasteiger partial charge in [0.05, 0.1) is 12.2 Å². The summed E-state index contributed by atoms with van der Waals surface area (Å²) in [4.78, 5) is 27.7. The average Bonchev–Trinajstić information content (AvgIpc) is 2.67.